The van der Waals surface area contributed by atoms with Crippen molar-refractivity contribution in [3.05, 3.63) is 34.6 Å². The van der Waals surface area contributed by atoms with Gasteiger partial charge in [-0.15, -0.1) is 0 Å². The van der Waals surface area contributed by atoms with E-state index in [1.807, 2.05) is 0 Å². The number of nitrogens with one attached hydrogen (secondary N) is 1. The van der Waals surface area contributed by atoms with Gasteiger partial charge in [0, 0.05) is 23.5 Å². The van der Waals surface area contributed by atoms with Crippen molar-refractivity contribution in [3.8, 4) is 0 Å². The van der Waals surface area contributed by atoms with E-state index in [1.165, 1.54) is 6.07 Å². The molecule has 1 saturated heterocycles. The van der Waals surface area contributed by atoms with Crippen molar-refractivity contribution in [1.82, 2.24) is 5.32 Å². The van der Waals surface area contributed by atoms with Gasteiger partial charge in [0.05, 0.1) is 0 Å². The third kappa shape index (κ3) is 2.09. The highest BCUT2D eigenvalue weighted by Crippen LogP contribution is 2.36. The first kappa shape index (κ1) is 11.9. The molecule has 0 aromatic heterocycles. The predicted molar refractivity (Wildman–Crippen MR) is 65.3 cm³/mol. The molecule has 1 heterocycles. The molecule has 0 unspecified atom stereocenters. The third-order valence-electron chi connectivity index (χ3n) is 3.74. The first-order valence-corrected chi connectivity index (χ1v) is 6.06. The molecule has 1 aliphatic rings. The van der Waals surface area contributed by atoms with Gasteiger partial charge in [-0.1, -0.05) is 31.5 Å². The monoisotopic (exact) mass is 241 g/mol. The molecule has 3 heteroatoms. The van der Waals surface area contributed by atoms with Crippen molar-refractivity contribution in [1.29, 1.82) is 0 Å². The molecule has 0 amide bonds. The number of benzene rings is 1. The molecule has 2 rings (SSSR count). The van der Waals surface area contributed by atoms with E-state index in [-0.39, 0.29) is 11.2 Å². The summed E-state index contributed by atoms with van der Waals surface area (Å²) in [6.07, 6.45) is 0.792. The molecule has 0 atom stereocenters. The summed E-state index contributed by atoms with van der Waals surface area (Å²) in [6, 6.07) is 4.97. The molecule has 0 spiro atoms. The Balaban J connectivity index is 2.20. The van der Waals surface area contributed by atoms with E-state index < -0.39 is 0 Å². The smallest absolute Gasteiger partial charge is 0.127 e. The molecule has 1 N–H and O–H groups in total. The van der Waals surface area contributed by atoms with E-state index in [0.29, 0.717) is 10.9 Å². The van der Waals surface area contributed by atoms with Crippen LogP contribution in [0.3, 0.4) is 0 Å². The molecule has 16 heavy (non-hydrogen) atoms. The Kier molecular flexibility index (Phi) is 3.22. The highest BCUT2D eigenvalue weighted by Gasteiger charge is 2.40. The summed E-state index contributed by atoms with van der Waals surface area (Å²) in [5, 5.41) is 3.75. The highest BCUT2D eigenvalue weighted by atomic mass is 35.5. The van der Waals surface area contributed by atoms with E-state index in [9.17, 15) is 4.39 Å². The van der Waals surface area contributed by atoms with Crippen LogP contribution in [0.2, 0.25) is 5.02 Å². The maximum absolute atomic E-state index is 13.7. The average Bonchev–Trinajstić information content (AvgIpc) is 2.13. The quantitative estimate of drug-likeness (QED) is 0.857. The van der Waals surface area contributed by atoms with Crippen LogP contribution in [0.4, 0.5) is 4.39 Å². The lowest BCUT2D eigenvalue weighted by Crippen LogP contribution is -2.57. The minimum absolute atomic E-state index is 0.181. The van der Waals surface area contributed by atoms with E-state index in [2.05, 4.69) is 19.2 Å². The van der Waals surface area contributed by atoms with E-state index in [0.717, 1.165) is 25.1 Å². The maximum Gasteiger partial charge on any atom is 0.127 e. The lowest BCUT2D eigenvalue weighted by molar-refractivity contribution is 0.0983. The van der Waals surface area contributed by atoms with Crippen molar-refractivity contribution in [2.45, 2.75) is 20.3 Å². The molecule has 0 saturated carbocycles. The fraction of sp³-hybridized carbons (Fsp3) is 0.538. The number of hydrogen-bond acceptors (Lipinski definition) is 1. The first-order valence-electron chi connectivity index (χ1n) is 5.68. The van der Waals surface area contributed by atoms with Crippen molar-refractivity contribution in [2.75, 3.05) is 13.1 Å². The van der Waals surface area contributed by atoms with Crippen LogP contribution in [-0.4, -0.2) is 13.1 Å². The van der Waals surface area contributed by atoms with Gasteiger partial charge in [0.2, 0.25) is 0 Å². The standard InChI is InChI=1S/C13H17ClFN/c1-9(2)13(7-16-8-13)6-10-3-4-11(14)5-12(10)15/h3-5,9,16H,6-8H2,1-2H3. The Morgan fingerprint density at radius 1 is 1.44 bits per heavy atom. The van der Waals surface area contributed by atoms with Gasteiger partial charge < -0.3 is 5.32 Å². The van der Waals surface area contributed by atoms with Crippen molar-refractivity contribution < 1.29 is 4.39 Å². The summed E-state index contributed by atoms with van der Waals surface area (Å²) in [5.41, 5.74) is 0.994. The Labute approximate surface area is 101 Å². The molecule has 0 bridgehead atoms. The molecule has 1 aliphatic heterocycles. The van der Waals surface area contributed by atoms with E-state index in [1.54, 1.807) is 12.1 Å². The van der Waals surface area contributed by atoms with Crippen molar-refractivity contribution in [3.63, 3.8) is 0 Å². The normalized spacial score (nSPS) is 18.6. The third-order valence-corrected chi connectivity index (χ3v) is 3.97. The van der Waals surface area contributed by atoms with Gasteiger partial charge in [-0.25, -0.2) is 4.39 Å². The zero-order valence-corrected chi connectivity index (χ0v) is 10.4. The molecular formula is C13H17ClFN. The van der Waals surface area contributed by atoms with Gasteiger partial charge in [-0.3, -0.25) is 0 Å². The Morgan fingerprint density at radius 2 is 2.12 bits per heavy atom. The van der Waals surface area contributed by atoms with Crippen LogP contribution in [0, 0.1) is 17.2 Å². The number of rotatable bonds is 3. The second-order valence-electron chi connectivity index (χ2n) is 5.03. The topological polar surface area (TPSA) is 12.0 Å². The summed E-state index contributed by atoms with van der Waals surface area (Å²) in [5.74, 6) is 0.378. The summed E-state index contributed by atoms with van der Waals surface area (Å²) in [7, 11) is 0. The van der Waals surface area contributed by atoms with Crippen LogP contribution in [0.15, 0.2) is 18.2 Å². The van der Waals surface area contributed by atoms with Crippen LogP contribution in [0.25, 0.3) is 0 Å². The fourth-order valence-electron chi connectivity index (χ4n) is 2.23. The van der Waals surface area contributed by atoms with Gasteiger partial charge in [0.15, 0.2) is 0 Å². The van der Waals surface area contributed by atoms with E-state index in [4.69, 9.17) is 11.6 Å². The first-order chi connectivity index (χ1) is 7.53. The van der Waals surface area contributed by atoms with Crippen molar-refractivity contribution in [2.24, 2.45) is 11.3 Å². The summed E-state index contributed by atoms with van der Waals surface area (Å²) >= 11 is 5.75. The Bertz CT molecular complexity index is 386. The second-order valence-corrected chi connectivity index (χ2v) is 5.47. The molecule has 0 radical (unpaired) electrons. The summed E-state index contributed by atoms with van der Waals surface area (Å²) in [6.45, 7) is 6.36. The highest BCUT2D eigenvalue weighted by molar-refractivity contribution is 6.30. The Morgan fingerprint density at radius 3 is 2.56 bits per heavy atom. The van der Waals surface area contributed by atoms with Gasteiger partial charge in [0.25, 0.3) is 0 Å². The zero-order valence-electron chi connectivity index (χ0n) is 9.69. The maximum atomic E-state index is 13.7. The minimum atomic E-state index is -0.181. The summed E-state index contributed by atoms with van der Waals surface area (Å²) in [4.78, 5) is 0. The second kappa shape index (κ2) is 4.34. The predicted octanol–water partition coefficient (Wildman–Crippen LogP) is 3.27. The molecule has 1 nitrogen and oxygen atoms in total. The number of halogens is 2. The van der Waals surface area contributed by atoms with Gasteiger partial charge in [-0.05, 0) is 30.0 Å². The lowest BCUT2D eigenvalue weighted by Gasteiger charge is -2.46. The minimum Gasteiger partial charge on any atom is -0.315 e. The molecule has 1 fully saturated rings. The van der Waals surface area contributed by atoms with Gasteiger partial charge >= 0.3 is 0 Å². The number of hydrogen-bond donors (Lipinski definition) is 1. The molecule has 88 valence electrons. The molecule has 1 aromatic rings. The fourth-order valence-corrected chi connectivity index (χ4v) is 2.39. The van der Waals surface area contributed by atoms with Crippen LogP contribution >= 0.6 is 11.6 Å². The van der Waals surface area contributed by atoms with E-state index >= 15 is 0 Å². The van der Waals surface area contributed by atoms with Gasteiger partial charge in [0.1, 0.15) is 5.82 Å². The largest absolute Gasteiger partial charge is 0.315 e. The molecule has 0 aliphatic carbocycles. The average molecular weight is 242 g/mol. The Hall–Kier alpha value is -0.600. The van der Waals surface area contributed by atoms with Crippen molar-refractivity contribution >= 4 is 11.6 Å². The van der Waals surface area contributed by atoms with Crippen LogP contribution in [-0.2, 0) is 6.42 Å². The van der Waals surface area contributed by atoms with Crippen LogP contribution in [0.5, 0.6) is 0 Å². The van der Waals surface area contributed by atoms with Crippen LogP contribution in [0.1, 0.15) is 19.4 Å². The summed E-state index contributed by atoms with van der Waals surface area (Å²) < 4.78 is 13.7. The van der Waals surface area contributed by atoms with Gasteiger partial charge in [-0.2, -0.15) is 0 Å². The SMILES string of the molecule is CC(C)C1(Cc2ccc(Cl)cc2F)CNC1. The van der Waals surface area contributed by atoms with Crippen LogP contribution < -0.4 is 5.32 Å². The zero-order chi connectivity index (χ0) is 11.8. The molecule has 1 aromatic carbocycles. The molecular weight excluding hydrogens is 225 g/mol. The lowest BCUT2D eigenvalue weighted by atomic mass is 9.68.